The molecule has 0 bridgehead atoms. The molecule has 0 spiro atoms. The Labute approximate surface area is 138 Å². The summed E-state index contributed by atoms with van der Waals surface area (Å²) in [5, 5.41) is 4.49. The molecule has 0 fully saturated rings. The first-order chi connectivity index (χ1) is 11.0. The van der Waals surface area contributed by atoms with E-state index in [0.717, 1.165) is 12.1 Å². The predicted octanol–water partition coefficient (Wildman–Crippen LogP) is 0.768. The average Bonchev–Trinajstić information content (AvgIpc) is 2.37. The molecule has 1 rings (SSSR count). The fraction of sp³-hybridized carbons (Fsp3) is 0.286. The molecule has 1 aromatic rings. The molecule has 0 radical (unpaired) electrons. The number of carbonyl (C=O) groups excluding carboxylic acids is 4. The van der Waals surface area contributed by atoms with Crippen molar-refractivity contribution >= 4 is 44.9 Å². The Hall–Kier alpha value is -2.59. The summed E-state index contributed by atoms with van der Waals surface area (Å²) in [6.07, 6.45) is -0.847. The summed E-state index contributed by atoms with van der Waals surface area (Å²) in [5.74, 6) is -2.21. The van der Waals surface area contributed by atoms with Gasteiger partial charge in [0.1, 0.15) is 16.5 Å². The quantitative estimate of drug-likeness (QED) is 0.483. The van der Waals surface area contributed by atoms with Crippen molar-refractivity contribution in [2.75, 3.05) is 10.6 Å². The summed E-state index contributed by atoms with van der Waals surface area (Å²) in [6.45, 7) is 2.41. The third-order valence-electron chi connectivity index (χ3n) is 2.64. The second-order valence-corrected chi connectivity index (χ2v) is 6.43. The molecule has 0 aliphatic heterocycles. The van der Waals surface area contributed by atoms with Crippen LogP contribution in [0.25, 0.3) is 0 Å². The minimum atomic E-state index is -4.71. The Morgan fingerprint density at radius 3 is 1.92 bits per heavy atom. The molecule has 0 aliphatic rings. The number of benzene rings is 1. The first-order valence-electron chi connectivity index (χ1n) is 6.69. The second kappa shape index (κ2) is 7.79. The maximum Gasteiger partial charge on any atom is 0.296 e. The van der Waals surface area contributed by atoms with E-state index in [1.807, 2.05) is 0 Å². The molecule has 3 N–H and O–H groups in total. The van der Waals surface area contributed by atoms with Gasteiger partial charge in [0.15, 0.2) is 0 Å². The van der Waals surface area contributed by atoms with Crippen molar-refractivity contribution in [3.05, 3.63) is 18.2 Å². The van der Waals surface area contributed by atoms with Crippen LogP contribution < -0.4 is 10.6 Å². The summed E-state index contributed by atoms with van der Waals surface area (Å²) in [5.41, 5.74) is -0.230. The van der Waals surface area contributed by atoms with Gasteiger partial charge < -0.3 is 10.6 Å². The number of amides is 2. The Morgan fingerprint density at radius 1 is 0.958 bits per heavy atom. The van der Waals surface area contributed by atoms with Crippen LogP contribution in [0, 0.1) is 0 Å². The van der Waals surface area contributed by atoms with E-state index in [0.29, 0.717) is 0 Å². The van der Waals surface area contributed by atoms with Crippen LogP contribution in [0.2, 0.25) is 0 Å². The number of carbonyl (C=O) groups is 4. The van der Waals surface area contributed by atoms with Crippen LogP contribution in [-0.4, -0.2) is 36.4 Å². The summed E-state index contributed by atoms with van der Waals surface area (Å²) < 4.78 is 32.1. The molecule has 0 aliphatic carbocycles. The van der Waals surface area contributed by atoms with E-state index in [4.69, 9.17) is 0 Å². The molecule has 0 saturated heterocycles. The lowest BCUT2D eigenvalue weighted by atomic mass is 10.2. The first-order valence-corrected chi connectivity index (χ1v) is 8.13. The van der Waals surface area contributed by atoms with Crippen molar-refractivity contribution in [2.24, 2.45) is 0 Å². The highest BCUT2D eigenvalue weighted by atomic mass is 32.2. The molecule has 1 aromatic carbocycles. The predicted molar refractivity (Wildman–Crippen MR) is 84.1 cm³/mol. The van der Waals surface area contributed by atoms with Gasteiger partial charge in [0.05, 0.1) is 18.5 Å². The van der Waals surface area contributed by atoms with Gasteiger partial charge in [-0.2, -0.15) is 8.42 Å². The lowest BCUT2D eigenvalue weighted by molar-refractivity contribution is -0.125. The lowest BCUT2D eigenvalue weighted by Crippen LogP contribution is -2.18. The number of ketones is 2. The van der Waals surface area contributed by atoms with E-state index >= 15 is 0 Å². The summed E-state index contributed by atoms with van der Waals surface area (Å²) >= 11 is 0. The van der Waals surface area contributed by atoms with Gasteiger partial charge in [-0.3, -0.25) is 23.7 Å². The number of anilines is 2. The highest BCUT2D eigenvalue weighted by molar-refractivity contribution is 7.86. The molecule has 0 atom stereocenters. The van der Waals surface area contributed by atoms with E-state index < -0.39 is 45.5 Å². The van der Waals surface area contributed by atoms with Crippen molar-refractivity contribution in [3.8, 4) is 0 Å². The maximum atomic E-state index is 11.6. The summed E-state index contributed by atoms with van der Waals surface area (Å²) in [4.78, 5) is 44.2. The van der Waals surface area contributed by atoms with E-state index in [2.05, 4.69) is 10.6 Å². The van der Waals surface area contributed by atoms with Crippen LogP contribution in [0.4, 0.5) is 11.4 Å². The zero-order chi connectivity index (χ0) is 18.5. The molecule has 10 heteroatoms. The molecule has 130 valence electrons. The fourth-order valence-electron chi connectivity index (χ4n) is 1.77. The monoisotopic (exact) mass is 356 g/mol. The van der Waals surface area contributed by atoms with Gasteiger partial charge in [-0.05, 0) is 32.0 Å². The minimum absolute atomic E-state index is 0.0124. The van der Waals surface area contributed by atoms with Crippen LogP contribution in [0.15, 0.2) is 23.1 Å². The summed E-state index contributed by atoms with van der Waals surface area (Å²) in [6, 6.07) is 3.34. The van der Waals surface area contributed by atoms with Gasteiger partial charge >= 0.3 is 0 Å². The van der Waals surface area contributed by atoms with Gasteiger partial charge in [-0.1, -0.05) is 0 Å². The minimum Gasteiger partial charge on any atom is -0.326 e. The van der Waals surface area contributed by atoms with Crippen LogP contribution in [0.1, 0.15) is 26.7 Å². The van der Waals surface area contributed by atoms with Crippen LogP contribution >= 0.6 is 0 Å². The number of hydrogen-bond acceptors (Lipinski definition) is 6. The zero-order valence-electron chi connectivity index (χ0n) is 13.0. The molecule has 0 unspecified atom stereocenters. The maximum absolute atomic E-state index is 11.6. The Balaban J connectivity index is 3.10. The molecule has 24 heavy (non-hydrogen) atoms. The van der Waals surface area contributed by atoms with Crippen molar-refractivity contribution in [1.82, 2.24) is 0 Å². The van der Waals surface area contributed by atoms with E-state index in [9.17, 15) is 32.1 Å². The van der Waals surface area contributed by atoms with Gasteiger partial charge in [0.25, 0.3) is 10.1 Å². The van der Waals surface area contributed by atoms with Gasteiger partial charge in [-0.15, -0.1) is 0 Å². The topological polar surface area (TPSA) is 147 Å². The largest absolute Gasteiger partial charge is 0.326 e. The highest BCUT2D eigenvalue weighted by Crippen LogP contribution is 2.25. The van der Waals surface area contributed by atoms with Crippen molar-refractivity contribution in [3.63, 3.8) is 0 Å². The van der Waals surface area contributed by atoms with Crippen molar-refractivity contribution in [2.45, 2.75) is 31.6 Å². The number of hydrogen-bond donors (Lipinski definition) is 3. The SMILES string of the molecule is CC(=O)CC(=O)Nc1ccc(NC(=O)CC(C)=O)c(S(=O)(=O)O)c1. The Morgan fingerprint density at radius 2 is 1.46 bits per heavy atom. The molecule has 9 nitrogen and oxygen atoms in total. The van der Waals surface area contributed by atoms with E-state index in [1.165, 1.54) is 19.9 Å². The highest BCUT2D eigenvalue weighted by Gasteiger charge is 2.19. The fourth-order valence-corrected chi connectivity index (χ4v) is 2.44. The molecular formula is C14H16N2O7S. The van der Waals surface area contributed by atoms with Crippen molar-refractivity contribution < 1.29 is 32.1 Å². The number of rotatable bonds is 7. The zero-order valence-corrected chi connectivity index (χ0v) is 13.8. The Kier molecular flexibility index (Phi) is 6.32. The third kappa shape index (κ3) is 6.26. The molecule has 0 heterocycles. The van der Waals surface area contributed by atoms with Crippen molar-refractivity contribution in [1.29, 1.82) is 0 Å². The molecule has 0 saturated carbocycles. The average molecular weight is 356 g/mol. The smallest absolute Gasteiger partial charge is 0.296 e. The van der Waals surface area contributed by atoms with Gasteiger partial charge in [0.2, 0.25) is 11.8 Å². The molecule has 0 aromatic heterocycles. The first kappa shape index (κ1) is 19.5. The molecule has 2 amide bonds. The number of nitrogens with one attached hydrogen (secondary N) is 2. The van der Waals surface area contributed by atoms with E-state index in [1.54, 1.807) is 0 Å². The van der Waals surface area contributed by atoms with E-state index in [-0.39, 0.29) is 17.2 Å². The molecular weight excluding hydrogens is 340 g/mol. The van der Waals surface area contributed by atoms with Crippen LogP contribution in [0.3, 0.4) is 0 Å². The van der Waals surface area contributed by atoms with Crippen LogP contribution in [-0.2, 0) is 29.3 Å². The lowest BCUT2D eigenvalue weighted by Gasteiger charge is -2.11. The van der Waals surface area contributed by atoms with Gasteiger partial charge in [-0.25, -0.2) is 0 Å². The normalized spacial score (nSPS) is 10.8. The second-order valence-electron chi connectivity index (χ2n) is 5.04. The van der Waals surface area contributed by atoms with Crippen LogP contribution in [0.5, 0.6) is 0 Å². The third-order valence-corrected chi connectivity index (χ3v) is 3.53. The number of Topliss-reactive ketones (excluding diaryl/α,β-unsaturated/α-hetero) is 2. The Bertz CT molecular complexity index is 799. The summed E-state index contributed by atoms with van der Waals surface area (Å²) in [7, 11) is -4.71. The van der Waals surface area contributed by atoms with Gasteiger partial charge in [0, 0.05) is 5.69 Å². The standard InChI is InChI=1S/C14H16N2O7S/c1-8(17)5-13(19)15-10-3-4-11(12(7-10)24(21,22)23)16-14(20)6-9(2)18/h3-4,7H,5-6H2,1-2H3,(H,15,19)(H,16,20)(H,21,22,23).